The molecule has 0 aromatic heterocycles. The molecular formula is C43H46N6O8. The van der Waals surface area contributed by atoms with Gasteiger partial charge in [-0.3, -0.25) is 0 Å². The van der Waals surface area contributed by atoms with Crippen LogP contribution in [0.4, 0.5) is 11.4 Å². The van der Waals surface area contributed by atoms with E-state index in [0.717, 1.165) is 30.6 Å². The summed E-state index contributed by atoms with van der Waals surface area (Å²) >= 11 is 0. The number of unbranched alkanes of at least 4 members (excludes halogenated alkanes) is 2. The summed E-state index contributed by atoms with van der Waals surface area (Å²) in [6.07, 6.45) is 6.00. The number of nitriles is 4. The second-order valence-corrected chi connectivity index (χ2v) is 12.5. The third-order valence-electron chi connectivity index (χ3n) is 7.96. The van der Waals surface area contributed by atoms with E-state index in [2.05, 4.69) is 35.1 Å². The zero-order valence-corrected chi connectivity index (χ0v) is 32.3. The second kappa shape index (κ2) is 25.8. The average Bonchev–Trinajstić information content (AvgIpc) is 3.21. The maximum absolute atomic E-state index is 12.4. The molecule has 0 unspecified atom stereocenters. The predicted molar refractivity (Wildman–Crippen MR) is 212 cm³/mol. The van der Waals surface area contributed by atoms with Crippen LogP contribution in [0.25, 0.3) is 12.2 Å². The lowest BCUT2D eigenvalue weighted by Crippen LogP contribution is -2.27. The smallest absolute Gasteiger partial charge is 0.349 e. The number of carbonyl (C=O) groups excluding carboxylic acids is 4. The fourth-order valence-corrected chi connectivity index (χ4v) is 5.00. The molecule has 0 saturated heterocycles. The van der Waals surface area contributed by atoms with Crippen LogP contribution in [0.15, 0.2) is 84.0 Å². The molecule has 0 heterocycles. The molecule has 14 nitrogen and oxygen atoms in total. The molecule has 0 amide bonds. The number of carbonyl (C=O) groups is 4. The van der Waals surface area contributed by atoms with Gasteiger partial charge in [0.05, 0.1) is 25.0 Å². The van der Waals surface area contributed by atoms with E-state index in [9.17, 15) is 40.2 Å². The van der Waals surface area contributed by atoms with Crippen LogP contribution >= 0.6 is 0 Å². The van der Waals surface area contributed by atoms with Crippen molar-refractivity contribution in [1.82, 2.24) is 0 Å². The Kier molecular flexibility index (Phi) is 20.8. The minimum Gasteiger partial charge on any atom is -0.459 e. The Balaban J connectivity index is 1.97. The lowest BCUT2D eigenvalue weighted by molar-refractivity contribution is -0.147. The number of benzene rings is 2. The summed E-state index contributed by atoms with van der Waals surface area (Å²) in [7, 11) is 0. The van der Waals surface area contributed by atoms with E-state index in [0.29, 0.717) is 50.1 Å². The van der Waals surface area contributed by atoms with Gasteiger partial charge in [0.15, 0.2) is 0 Å². The monoisotopic (exact) mass is 774 g/mol. The Bertz CT molecular complexity index is 1820. The Hall–Kier alpha value is -7.16. The fraction of sp³-hybridized carbons (Fsp3) is 0.349. The molecule has 0 aliphatic heterocycles. The third-order valence-corrected chi connectivity index (χ3v) is 7.96. The van der Waals surface area contributed by atoms with Crippen LogP contribution < -0.4 is 9.80 Å². The highest BCUT2D eigenvalue weighted by Gasteiger charge is 2.14. The van der Waals surface area contributed by atoms with Gasteiger partial charge in [-0.05, 0) is 80.7 Å². The maximum atomic E-state index is 12.4. The number of rotatable bonds is 24. The Labute approximate surface area is 333 Å². The lowest BCUT2D eigenvalue weighted by Gasteiger charge is -2.26. The molecule has 2 rings (SSSR count). The van der Waals surface area contributed by atoms with Crippen molar-refractivity contribution in [3.63, 3.8) is 0 Å². The van der Waals surface area contributed by atoms with Gasteiger partial charge < -0.3 is 28.7 Å². The molecule has 14 heteroatoms. The van der Waals surface area contributed by atoms with E-state index in [1.165, 1.54) is 26.0 Å². The molecule has 0 atom stereocenters. The number of ether oxygens (including phenoxy) is 4. The Morgan fingerprint density at radius 3 is 1.18 bits per heavy atom. The zero-order chi connectivity index (χ0) is 42.0. The van der Waals surface area contributed by atoms with Crippen LogP contribution in [-0.2, 0) is 38.1 Å². The summed E-state index contributed by atoms with van der Waals surface area (Å²) in [4.78, 5) is 51.9. The molecular weight excluding hydrogens is 729 g/mol. The van der Waals surface area contributed by atoms with Crippen molar-refractivity contribution in [3.05, 3.63) is 95.1 Å². The average molecular weight is 775 g/mol. The van der Waals surface area contributed by atoms with Gasteiger partial charge in [-0.25, -0.2) is 19.2 Å². The molecule has 296 valence electrons. The van der Waals surface area contributed by atoms with Crippen LogP contribution in [0.3, 0.4) is 0 Å². The van der Waals surface area contributed by atoms with Gasteiger partial charge in [-0.2, -0.15) is 21.0 Å². The topological polar surface area (TPSA) is 207 Å². The maximum Gasteiger partial charge on any atom is 0.349 e. The van der Waals surface area contributed by atoms with Gasteiger partial charge in [-0.1, -0.05) is 37.4 Å². The molecule has 0 radical (unpaired) electrons. The predicted octanol–water partition coefficient (Wildman–Crippen LogP) is 6.14. The molecule has 0 bridgehead atoms. The van der Waals surface area contributed by atoms with Crippen LogP contribution in [0.2, 0.25) is 0 Å². The fourth-order valence-electron chi connectivity index (χ4n) is 5.00. The van der Waals surface area contributed by atoms with E-state index in [-0.39, 0.29) is 48.7 Å². The van der Waals surface area contributed by atoms with Crippen molar-refractivity contribution in [2.24, 2.45) is 0 Å². The lowest BCUT2D eigenvalue weighted by atomic mass is 10.1. The van der Waals surface area contributed by atoms with E-state index >= 15 is 0 Å². The van der Waals surface area contributed by atoms with E-state index < -0.39 is 23.9 Å². The SMILES string of the molecule is C=C(C)C(=O)OCCOC(=O)/C(C#N)=C/c1ccc(N(CCC#N)CCCCCN(CCC#N)c2ccc(/C=C(\C#N)C(=O)OCCOC(=O)C(=C)C)cc2)cc1. The normalized spacial score (nSPS) is 10.7. The number of hydrogen-bond acceptors (Lipinski definition) is 14. The number of nitrogens with zero attached hydrogens (tertiary/aromatic N) is 6. The van der Waals surface area contributed by atoms with Gasteiger partial charge >= 0.3 is 23.9 Å². The first kappa shape index (κ1) is 46.0. The molecule has 2 aromatic carbocycles. The molecule has 0 aliphatic carbocycles. The Morgan fingerprint density at radius 1 is 0.544 bits per heavy atom. The molecule has 0 saturated carbocycles. The van der Waals surface area contributed by atoms with Gasteiger partial charge in [0.25, 0.3) is 0 Å². The molecule has 0 N–H and O–H groups in total. The summed E-state index contributed by atoms with van der Waals surface area (Å²) in [5.74, 6) is -2.88. The van der Waals surface area contributed by atoms with Gasteiger partial charge in [0.1, 0.15) is 49.7 Å². The van der Waals surface area contributed by atoms with E-state index in [1.807, 2.05) is 36.4 Å². The summed E-state index contributed by atoms with van der Waals surface area (Å²) in [5.41, 5.74) is 2.98. The highest BCUT2D eigenvalue weighted by Crippen LogP contribution is 2.21. The van der Waals surface area contributed by atoms with Crippen molar-refractivity contribution >= 4 is 47.4 Å². The molecule has 0 fully saturated rings. The highest BCUT2D eigenvalue weighted by molar-refractivity contribution is 5.98. The number of anilines is 2. The van der Waals surface area contributed by atoms with Crippen molar-refractivity contribution in [3.8, 4) is 24.3 Å². The largest absolute Gasteiger partial charge is 0.459 e. The summed E-state index contributed by atoms with van der Waals surface area (Å²) in [6, 6.07) is 22.5. The second-order valence-electron chi connectivity index (χ2n) is 12.5. The van der Waals surface area contributed by atoms with E-state index in [4.69, 9.17) is 18.9 Å². The van der Waals surface area contributed by atoms with Crippen molar-refractivity contribution in [2.75, 3.05) is 62.4 Å². The first-order valence-corrected chi connectivity index (χ1v) is 18.1. The summed E-state index contributed by atoms with van der Waals surface area (Å²) in [6.45, 7) is 11.6. The first-order valence-electron chi connectivity index (χ1n) is 18.1. The summed E-state index contributed by atoms with van der Waals surface area (Å²) < 4.78 is 19.9. The first-order chi connectivity index (χ1) is 27.4. The van der Waals surface area contributed by atoms with Crippen LogP contribution in [0.5, 0.6) is 0 Å². The number of hydrogen-bond donors (Lipinski definition) is 0. The van der Waals surface area contributed by atoms with Crippen LogP contribution in [-0.4, -0.2) is 76.5 Å². The van der Waals surface area contributed by atoms with E-state index in [1.54, 1.807) is 24.3 Å². The molecule has 0 spiro atoms. The highest BCUT2D eigenvalue weighted by atomic mass is 16.6. The molecule has 0 aliphatic rings. The van der Waals surface area contributed by atoms with Crippen molar-refractivity contribution < 1.29 is 38.1 Å². The number of esters is 4. The quantitative estimate of drug-likeness (QED) is 0.0386. The minimum absolute atomic E-state index is 0.162. The Morgan fingerprint density at radius 2 is 0.877 bits per heavy atom. The van der Waals surface area contributed by atoms with Gasteiger partial charge in [0, 0.05) is 48.7 Å². The minimum atomic E-state index is -0.841. The van der Waals surface area contributed by atoms with Crippen LogP contribution in [0.1, 0.15) is 57.1 Å². The molecule has 2 aromatic rings. The van der Waals surface area contributed by atoms with Gasteiger partial charge in [-0.15, -0.1) is 0 Å². The zero-order valence-electron chi connectivity index (χ0n) is 32.3. The summed E-state index contributed by atoms with van der Waals surface area (Å²) in [5, 5.41) is 37.5. The van der Waals surface area contributed by atoms with Gasteiger partial charge in [0.2, 0.25) is 0 Å². The van der Waals surface area contributed by atoms with Crippen molar-refractivity contribution in [2.45, 2.75) is 46.0 Å². The van der Waals surface area contributed by atoms with Crippen LogP contribution in [0, 0.1) is 45.3 Å². The molecule has 57 heavy (non-hydrogen) atoms. The standard InChI is InChI=1S/C43H46N6O8/c1-32(2)40(50)54-24-26-56-42(52)36(30-46)28-34-10-14-38(15-11-34)48(22-8-18-44)20-6-5-7-21-49(23-9-19-45)39-16-12-35(13-17-39)29-37(31-47)43(53)57-27-25-55-41(51)33(3)4/h10-17,28-29H,1,3,5-9,20-27H2,2,4H3/b36-28+,37-29+. The van der Waals surface area contributed by atoms with Crippen molar-refractivity contribution in [1.29, 1.82) is 21.0 Å². The third kappa shape index (κ3) is 17.2.